The van der Waals surface area contributed by atoms with E-state index < -0.39 is 5.91 Å². The number of rotatable bonds is 4. The van der Waals surface area contributed by atoms with Crippen molar-refractivity contribution in [2.45, 2.75) is 19.4 Å². The Morgan fingerprint density at radius 1 is 1.65 bits per heavy atom. The average molecular weight is 234 g/mol. The van der Waals surface area contributed by atoms with Gasteiger partial charge in [-0.05, 0) is 32.0 Å². The molecule has 0 saturated carbocycles. The zero-order chi connectivity index (χ0) is 12.3. The number of anilines is 1. The Balaban J connectivity index is 2.23. The van der Waals surface area contributed by atoms with Gasteiger partial charge in [-0.25, -0.2) is 4.98 Å². The van der Waals surface area contributed by atoms with Crippen LogP contribution in [-0.2, 0) is 0 Å². The summed E-state index contributed by atoms with van der Waals surface area (Å²) in [7, 11) is 0. The molecule has 2 heterocycles. The number of nitrogens with zero attached hydrogens (tertiary/aromatic N) is 2. The maximum absolute atomic E-state index is 11.1. The summed E-state index contributed by atoms with van der Waals surface area (Å²) in [6, 6.07) is 5.85. The average Bonchev–Trinajstić information content (AvgIpc) is 2.84. The van der Waals surface area contributed by atoms with Crippen LogP contribution >= 0.6 is 0 Å². The molecule has 3 N–H and O–H groups in total. The molecule has 1 fully saturated rings. The molecule has 1 atom stereocenters. The number of aromatic nitrogens is 1. The van der Waals surface area contributed by atoms with E-state index in [2.05, 4.69) is 22.1 Å². The van der Waals surface area contributed by atoms with E-state index in [9.17, 15) is 4.79 Å². The molecule has 1 aliphatic rings. The lowest BCUT2D eigenvalue weighted by atomic mass is 10.2. The van der Waals surface area contributed by atoms with Gasteiger partial charge in [0.1, 0.15) is 11.5 Å². The van der Waals surface area contributed by atoms with Crippen LogP contribution in [0.2, 0.25) is 0 Å². The van der Waals surface area contributed by atoms with E-state index in [1.165, 1.54) is 0 Å². The summed E-state index contributed by atoms with van der Waals surface area (Å²) in [4.78, 5) is 17.6. The maximum Gasteiger partial charge on any atom is 0.267 e. The fraction of sp³-hybridized carbons (Fsp3) is 0.500. The van der Waals surface area contributed by atoms with Crippen molar-refractivity contribution in [3.8, 4) is 0 Å². The largest absolute Gasteiger partial charge is 0.364 e. The number of pyridine rings is 1. The number of carbonyl (C=O) groups is 1. The van der Waals surface area contributed by atoms with E-state index in [1.54, 1.807) is 6.07 Å². The first-order valence-electron chi connectivity index (χ1n) is 5.96. The Kier molecular flexibility index (Phi) is 3.58. The second-order valence-electron chi connectivity index (χ2n) is 4.18. The van der Waals surface area contributed by atoms with Crippen LogP contribution in [-0.4, -0.2) is 36.6 Å². The summed E-state index contributed by atoms with van der Waals surface area (Å²) in [5.41, 5.74) is 5.57. The summed E-state index contributed by atoms with van der Waals surface area (Å²) < 4.78 is 0. The van der Waals surface area contributed by atoms with Crippen LogP contribution < -0.4 is 16.0 Å². The van der Waals surface area contributed by atoms with Crippen molar-refractivity contribution in [2.75, 3.05) is 24.5 Å². The highest BCUT2D eigenvalue weighted by Crippen LogP contribution is 2.17. The van der Waals surface area contributed by atoms with Gasteiger partial charge < -0.3 is 16.0 Å². The highest BCUT2D eigenvalue weighted by molar-refractivity contribution is 5.91. The molecule has 0 spiro atoms. The van der Waals surface area contributed by atoms with E-state index in [0.717, 1.165) is 31.9 Å². The molecular formula is C12H18N4O. The molecule has 1 aromatic heterocycles. The standard InChI is InChI=1S/C12H18N4O/c1-2-16(9-6-7-14-8-9)11-5-3-4-10(15-11)12(13)17/h3-5,9,14H,2,6-8H2,1H3,(H2,13,17). The van der Waals surface area contributed by atoms with Gasteiger partial charge in [0.05, 0.1) is 0 Å². The Morgan fingerprint density at radius 2 is 2.47 bits per heavy atom. The number of carbonyl (C=O) groups excluding carboxylic acids is 1. The summed E-state index contributed by atoms with van der Waals surface area (Å²) in [6.45, 7) is 4.98. The second kappa shape index (κ2) is 5.14. The van der Waals surface area contributed by atoms with Crippen LogP contribution in [0.15, 0.2) is 18.2 Å². The molecule has 2 rings (SSSR count). The number of hydrogen-bond donors (Lipinski definition) is 2. The van der Waals surface area contributed by atoms with E-state index in [-0.39, 0.29) is 0 Å². The van der Waals surface area contributed by atoms with E-state index in [4.69, 9.17) is 5.73 Å². The SMILES string of the molecule is CCN(c1cccc(C(N)=O)n1)C1CCNC1. The predicted molar refractivity (Wildman–Crippen MR) is 67.0 cm³/mol. The first-order valence-corrected chi connectivity index (χ1v) is 5.96. The molecule has 1 saturated heterocycles. The fourth-order valence-corrected chi connectivity index (χ4v) is 2.23. The Bertz CT molecular complexity index is 401. The second-order valence-corrected chi connectivity index (χ2v) is 4.18. The Hall–Kier alpha value is -1.62. The summed E-state index contributed by atoms with van der Waals surface area (Å²) in [5.74, 6) is 0.352. The zero-order valence-corrected chi connectivity index (χ0v) is 10.0. The molecule has 5 nitrogen and oxygen atoms in total. The van der Waals surface area contributed by atoms with Crippen LogP contribution in [0.3, 0.4) is 0 Å². The summed E-state index contributed by atoms with van der Waals surface area (Å²) in [5, 5.41) is 3.33. The molecule has 1 amide bonds. The van der Waals surface area contributed by atoms with Crippen LogP contribution in [0.25, 0.3) is 0 Å². The summed E-state index contributed by atoms with van der Waals surface area (Å²) >= 11 is 0. The monoisotopic (exact) mass is 234 g/mol. The molecule has 0 aromatic carbocycles. The number of likely N-dealkylation sites (N-methyl/N-ethyl adjacent to an activating group) is 1. The van der Waals surface area contributed by atoms with Crippen LogP contribution in [0.1, 0.15) is 23.8 Å². The molecule has 92 valence electrons. The molecule has 1 aromatic rings. The molecule has 0 aliphatic carbocycles. The third kappa shape index (κ3) is 2.55. The van der Waals surface area contributed by atoms with Gasteiger partial charge in [0, 0.05) is 19.1 Å². The minimum Gasteiger partial charge on any atom is -0.364 e. The molecule has 0 bridgehead atoms. The van der Waals surface area contributed by atoms with Crippen molar-refractivity contribution in [1.82, 2.24) is 10.3 Å². The molecular weight excluding hydrogens is 216 g/mol. The van der Waals surface area contributed by atoms with Crippen molar-refractivity contribution in [3.05, 3.63) is 23.9 Å². The summed E-state index contributed by atoms with van der Waals surface area (Å²) in [6.07, 6.45) is 1.11. The van der Waals surface area contributed by atoms with Crippen molar-refractivity contribution >= 4 is 11.7 Å². The quantitative estimate of drug-likeness (QED) is 0.789. The number of hydrogen-bond acceptors (Lipinski definition) is 4. The molecule has 1 unspecified atom stereocenters. The minimum atomic E-state index is -0.479. The van der Waals surface area contributed by atoms with Gasteiger partial charge in [0.15, 0.2) is 0 Å². The third-order valence-electron chi connectivity index (χ3n) is 3.10. The molecule has 0 radical (unpaired) electrons. The van der Waals surface area contributed by atoms with Gasteiger partial charge in [-0.15, -0.1) is 0 Å². The van der Waals surface area contributed by atoms with Crippen LogP contribution in [0, 0.1) is 0 Å². The van der Waals surface area contributed by atoms with Crippen LogP contribution in [0.4, 0.5) is 5.82 Å². The van der Waals surface area contributed by atoms with E-state index in [0.29, 0.717) is 11.7 Å². The van der Waals surface area contributed by atoms with Gasteiger partial charge in [0.2, 0.25) is 0 Å². The van der Waals surface area contributed by atoms with Gasteiger partial charge in [0.25, 0.3) is 5.91 Å². The highest BCUT2D eigenvalue weighted by atomic mass is 16.1. The fourth-order valence-electron chi connectivity index (χ4n) is 2.23. The first-order chi connectivity index (χ1) is 8.22. The van der Waals surface area contributed by atoms with Gasteiger partial charge in [-0.2, -0.15) is 0 Å². The lowest BCUT2D eigenvalue weighted by Gasteiger charge is -2.28. The molecule has 1 aliphatic heterocycles. The lowest BCUT2D eigenvalue weighted by molar-refractivity contribution is 0.0995. The van der Waals surface area contributed by atoms with E-state index >= 15 is 0 Å². The first kappa shape index (κ1) is 11.9. The van der Waals surface area contributed by atoms with Crippen molar-refractivity contribution in [1.29, 1.82) is 0 Å². The number of nitrogens with one attached hydrogen (secondary N) is 1. The Labute approximate surface area is 101 Å². The Morgan fingerprint density at radius 3 is 3.06 bits per heavy atom. The number of primary amides is 1. The lowest BCUT2D eigenvalue weighted by Crippen LogP contribution is -2.37. The molecule has 5 heteroatoms. The van der Waals surface area contributed by atoms with Crippen molar-refractivity contribution in [2.24, 2.45) is 5.73 Å². The highest BCUT2D eigenvalue weighted by Gasteiger charge is 2.22. The minimum absolute atomic E-state index is 0.326. The van der Waals surface area contributed by atoms with E-state index in [1.807, 2.05) is 12.1 Å². The maximum atomic E-state index is 11.1. The van der Waals surface area contributed by atoms with Crippen molar-refractivity contribution in [3.63, 3.8) is 0 Å². The smallest absolute Gasteiger partial charge is 0.267 e. The van der Waals surface area contributed by atoms with Gasteiger partial charge in [-0.1, -0.05) is 6.07 Å². The third-order valence-corrected chi connectivity index (χ3v) is 3.10. The van der Waals surface area contributed by atoms with Crippen molar-refractivity contribution < 1.29 is 4.79 Å². The molecule has 17 heavy (non-hydrogen) atoms. The zero-order valence-electron chi connectivity index (χ0n) is 10.0. The van der Waals surface area contributed by atoms with Gasteiger partial charge in [-0.3, -0.25) is 4.79 Å². The number of nitrogens with two attached hydrogens (primary N) is 1. The van der Waals surface area contributed by atoms with Gasteiger partial charge >= 0.3 is 0 Å². The normalized spacial score (nSPS) is 19.2. The number of amides is 1. The predicted octanol–water partition coefficient (Wildman–Crippen LogP) is 0.369. The topological polar surface area (TPSA) is 71.2 Å². The van der Waals surface area contributed by atoms with Crippen LogP contribution in [0.5, 0.6) is 0 Å².